The van der Waals surface area contributed by atoms with Crippen LogP contribution in [0.5, 0.6) is 0 Å². The molecule has 2 rings (SSSR count). The summed E-state index contributed by atoms with van der Waals surface area (Å²) in [6, 6.07) is 18.0. The van der Waals surface area contributed by atoms with E-state index in [9.17, 15) is 19.2 Å². The maximum absolute atomic E-state index is 12.5. The second-order valence-electron chi connectivity index (χ2n) is 6.52. The van der Waals surface area contributed by atoms with Crippen LogP contribution in [0.3, 0.4) is 0 Å². The minimum absolute atomic E-state index is 0.0119. The molecule has 0 atom stereocenters. The number of carbonyl (C=O) groups is 4. The van der Waals surface area contributed by atoms with Crippen molar-refractivity contribution < 1.29 is 23.9 Å². The number of ether oxygens (including phenoxy) is 1. The van der Waals surface area contributed by atoms with Crippen LogP contribution in [-0.4, -0.2) is 43.4 Å². The van der Waals surface area contributed by atoms with E-state index in [0.717, 1.165) is 5.56 Å². The molecule has 0 aliphatic carbocycles. The van der Waals surface area contributed by atoms with E-state index in [2.05, 4.69) is 5.32 Å². The lowest BCUT2D eigenvalue weighted by Gasteiger charge is -2.22. The Labute approximate surface area is 175 Å². The van der Waals surface area contributed by atoms with E-state index in [-0.39, 0.29) is 38.3 Å². The molecule has 8 nitrogen and oxygen atoms in total. The Hall–Kier alpha value is -3.68. The van der Waals surface area contributed by atoms with Crippen molar-refractivity contribution >= 4 is 29.4 Å². The molecule has 158 valence electrons. The molecule has 0 aliphatic rings. The van der Waals surface area contributed by atoms with Crippen LogP contribution in [0.25, 0.3) is 0 Å². The molecule has 0 heterocycles. The normalized spacial score (nSPS) is 10.1. The summed E-state index contributed by atoms with van der Waals surface area (Å²) in [7, 11) is 0. The molecule has 0 saturated carbocycles. The third-order valence-corrected chi connectivity index (χ3v) is 4.17. The van der Waals surface area contributed by atoms with Gasteiger partial charge in [0.1, 0.15) is 0 Å². The average molecular weight is 411 g/mol. The molecule has 0 aromatic heterocycles. The number of nitrogens with one attached hydrogen (secondary N) is 1. The van der Waals surface area contributed by atoms with Gasteiger partial charge in [0.15, 0.2) is 6.61 Å². The van der Waals surface area contributed by atoms with Crippen LogP contribution in [0.15, 0.2) is 60.7 Å². The fourth-order valence-electron chi connectivity index (χ4n) is 2.67. The molecule has 30 heavy (non-hydrogen) atoms. The number of benzene rings is 2. The van der Waals surface area contributed by atoms with Crippen molar-refractivity contribution in [2.75, 3.05) is 24.6 Å². The van der Waals surface area contributed by atoms with Gasteiger partial charge in [-0.15, -0.1) is 0 Å². The van der Waals surface area contributed by atoms with Gasteiger partial charge < -0.3 is 20.7 Å². The highest BCUT2D eigenvalue weighted by Gasteiger charge is 2.18. The SMILES string of the molecule is NC(=O)CCN(C(=O)COC(=O)CCNC(=O)Cc1ccccc1)c1ccccc1. The Balaban J connectivity index is 1.75. The third-order valence-electron chi connectivity index (χ3n) is 4.17. The molecule has 3 N–H and O–H groups in total. The van der Waals surface area contributed by atoms with Crippen molar-refractivity contribution in [3.05, 3.63) is 66.2 Å². The van der Waals surface area contributed by atoms with Gasteiger partial charge in [-0.25, -0.2) is 0 Å². The van der Waals surface area contributed by atoms with Crippen molar-refractivity contribution in [2.24, 2.45) is 5.73 Å². The number of carbonyl (C=O) groups excluding carboxylic acids is 4. The maximum atomic E-state index is 12.5. The lowest BCUT2D eigenvalue weighted by Crippen LogP contribution is -2.37. The number of anilines is 1. The Kier molecular flexibility index (Phi) is 9.05. The fourth-order valence-corrected chi connectivity index (χ4v) is 2.67. The quantitative estimate of drug-likeness (QED) is 0.539. The lowest BCUT2D eigenvalue weighted by molar-refractivity contribution is -0.147. The Morgan fingerprint density at radius 2 is 1.53 bits per heavy atom. The van der Waals surface area contributed by atoms with Crippen LogP contribution >= 0.6 is 0 Å². The Bertz CT molecular complexity index is 856. The summed E-state index contributed by atoms with van der Waals surface area (Å²) in [5.41, 5.74) is 6.62. The van der Waals surface area contributed by atoms with Gasteiger partial charge in [-0.2, -0.15) is 0 Å². The highest BCUT2D eigenvalue weighted by Crippen LogP contribution is 2.14. The number of hydrogen-bond acceptors (Lipinski definition) is 5. The van der Waals surface area contributed by atoms with E-state index in [1.165, 1.54) is 4.90 Å². The zero-order valence-electron chi connectivity index (χ0n) is 16.6. The van der Waals surface area contributed by atoms with Gasteiger partial charge in [-0.1, -0.05) is 48.5 Å². The predicted octanol–water partition coefficient (Wildman–Crippen LogP) is 1.19. The second kappa shape index (κ2) is 12.0. The molecule has 0 aliphatic heterocycles. The van der Waals surface area contributed by atoms with Crippen molar-refractivity contribution in [1.29, 1.82) is 0 Å². The molecule has 3 amide bonds. The zero-order chi connectivity index (χ0) is 21.8. The molecular formula is C22H25N3O5. The van der Waals surface area contributed by atoms with Crippen LogP contribution in [0, 0.1) is 0 Å². The number of amides is 3. The molecule has 0 saturated heterocycles. The molecule has 2 aromatic carbocycles. The number of hydrogen-bond donors (Lipinski definition) is 2. The van der Waals surface area contributed by atoms with Crippen LogP contribution in [0.1, 0.15) is 18.4 Å². The first-order valence-electron chi connectivity index (χ1n) is 9.55. The molecule has 0 radical (unpaired) electrons. The average Bonchev–Trinajstić information content (AvgIpc) is 2.73. The van der Waals surface area contributed by atoms with Crippen molar-refractivity contribution in [3.8, 4) is 0 Å². The number of nitrogens with two attached hydrogens (primary N) is 1. The van der Waals surface area contributed by atoms with Gasteiger partial charge in [0, 0.05) is 25.2 Å². The topological polar surface area (TPSA) is 119 Å². The molecule has 0 bridgehead atoms. The number of nitrogens with zero attached hydrogens (tertiary/aromatic N) is 1. The van der Waals surface area contributed by atoms with Crippen LogP contribution in [-0.2, 0) is 30.3 Å². The molecule has 8 heteroatoms. The number of esters is 1. The van der Waals surface area contributed by atoms with Crippen molar-refractivity contribution in [2.45, 2.75) is 19.3 Å². The van der Waals surface area contributed by atoms with E-state index in [0.29, 0.717) is 5.69 Å². The number of rotatable bonds is 11. The first kappa shape index (κ1) is 22.6. The zero-order valence-corrected chi connectivity index (χ0v) is 16.6. The summed E-state index contributed by atoms with van der Waals surface area (Å²) in [4.78, 5) is 48.7. The third kappa shape index (κ3) is 8.14. The Morgan fingerprint density at radius 1 is 0.900 bits per heavy atom. The fraction of sp³-hybridized carbons (Fsp3) is 0.273. The van der Waals surface area contributed by atoms with E-state index in [4.69, 9.17) is 10.5 Å². The second-order valence-corrected chi connectivity index (χ2v) is 6.52. The molecular weight excluding hydrogens is 386 g/mol. The molecule has 0 spiro atoms. The molecule has 0 unspecified atom stereocenters. The van der Waals surface area contributed by atoms with Gasteiger partial charge in [-0.05, 0) is 17.7 Å². The largest absolute Gasteiger partial charge is 0.455 e. The van der Waals surface area contributed by atoms with E-state index >= 15 is 0 Å². The summed E-state index contributed by atoms with van der Waals surface area (Å²) in [5.74, 6) is -1.81. The summed E-state index contributed by atoms with van der Waals surface area (Å²) in [6.07, 6.45) is 0.155. The summed E-state index contributed by atoms with van der Waals surface area (Å²) in [5, 5.41) is 2.64. The monoisotopic (exact) mass is 411 g/mol. The number of primary amides is 1. The van der Waals surface area contributed by atoms with Gasteiger partial charge in [-0.3, -0.25) is 19.2 Å². The van der Waals surface area contributed by atoms with Gasteiger partial charge in [0.05, 0.1) is 12.8 Å². The van der Waals surface area contributed by atoms with Crippen molar-refractivity contribution in [3.63, 3.8) is 0 Å². The van der Waals surface area contributed by atoms with Crippen LogP contribution in [0.2, 0.25) is 0 Å². The minimum Gasteiger partial charge on any atom is -0.455 e. The van der Waals surface area contributed by atoms with E-state index in [1.807, 2.05) is 30.3 Å². The molecule has 2 aromatic rings. The first-order chi connectivity index (χ1) is 14.5. The van der Waals surface area contributed by atoms with Crippen molar-refractivity contribution in [1.82, 2.24) is 5.32 Å². The smallest absolute Gasteiger partial charge is 0.308 e. The standard InChI is InChI=1S/C22H25N3O5/c23-19(26)12-14-25(18-9-5-2-6-10-18)21(28)16-30-22(29)11-13-24-20(27)15-17-7-3-1-4-8-17/h1-10H,11-16H2,(H2,23,26)(H,24,27). The van der Waals surface area contributed by atoms with Crippen LogP contribution in [0.4, 0.5) is 5.69 Å². The first-order valence-corrected chi connectivity index (χ1v) is 9.55. The summed E-state index contributed by atoms with van der Waals surface area (Å²) in [6.45, 7) is -0.265. The van der Waals surface area contributed by atoms with Gasteiger partial charge >= 0.3 is 5.97 Å². The highest BCUT2D eigenvalue weighted by atomic mass is 16.5. The number of para-hydroxylation sites is 1. The maximum Gasteiger partial charge on any atom is 0.308 e. The van der Waals surface area contributed by atoms with Gasteiger partial charge in [0.25, 0.3) is 5.91 Å². The molecule has 0 fully saturated rings. The van der Waals surface area contributed by atoms with Gasteiger partial charge in [0.2, 0.25) is 11.8 Å². The van der Waals surface area contributed by atoms with E-state index < -0.39 is 24.4 Å². The Morgan fingerprint density at radius 3 is 2.17 bits per heavy atom. The predicted molar refractivity (Wildman–Crippen MR) is 111 cm³/mol. The van der Waals surface area contributed by atoms with Crippen LogP contribution < -0.4 is 16.0 Å². The summed E-state index contributed by atoms with van der Waals surface area (Å²) < 4.78 is 5.02. The lowest BCUT2D eigenvalue weighted by atomic mass is 10.1. The minimum atomic E-state index is -0.605. The highest BCUT2D eigenvalue weighted by molar-refractivity contribution is 5.95. The summed E-state index contributed by atoms with van der Waals surface area (Å²) >= 11 is 0. The van der Waals surface area contributed by atoms with E-state index in [1.54, 1.807) is 30.3 Å².